The molecule has 10 nitrogen and oxygen atoms in total. The Morgan fingerprint density at radius 2 is 1.88 bits per heavy atom. The SMILES string of the molecule is CCCn1c(CSc2nnc(N3CCOCC3)n2CC)nc2cc(S(=O)(=O)N(C)C)ccc21. The second-order valence-electron chi connectivity index (χ2n) is 8.03. The van der Waals surface area contributed by atoms with Crippen LogP contribution in [0.4, 0.5) is 5.95 Å². The van der Waals surface area contributed by atoms with Gasteiger partial charge in [0.15, 0.2) is 5.16 Å². The summed E-state index contributed by atoms with van der Waals surface area (Å²) in [7, 11) is -0.445. The van der Waals surface area contributed by atoms with Crippen LogP contribution in [-0.4, -0.2) is 77.4 Å². The van der Waals surface area contributed by atoms with E-state index >= 15 is 0 Å². The Kier molecular flexibility index (Phi) is 7.27. The fourth-order valence-electron chi connectivity index (χ4n) is 3.90. The predicted molar refractivity (Wildman–Crippen MR) is 129 cm³/mol. The Morgan fingerprint density at radius 3 is 2.55 bits per heavy atom. The molecule has 0 radical (unpaired) electrons. The van der Waals surface area contributed by atoms with Gasteiger partial charge in [0.25, 0.3) is 0 Å². The predicted octanol–water partition coefficient (Wildman–Crippen LogP) is 2.44. The number of benzene rings is 1. The molecule has 0 bridgehead atoms. The third-order valence-electron chi connectivity index (χ3n) is 5.66. The van der Waals surface area contributed by atoms with Crippen molar-refractivity contribution in [3.63, 3.8) is 0 Å². The maximum absolute atomic E-state index is 12.6. The summed E-state index contributed by atoms with van der Waals surface area (Å²) in [4.78, 5) is 7.27. The van der Waals surface area contributed by atoms with Gasteiger partial charge in [-0.25, -0.2) is 17.7 Å². The lowest BCUT2D eigenvalue weighted by molar-refractivity contribution is 0.121. The van der Waals surface area contributed by atoms with Gasteiger partial charge in [-0.05, 0) is 31.5 Å². The lowest BCUT2D eigenvalue weighted by Gasteiger charge is -2.27. The van der Waals surface area contributed by atoms with E-state index in [1.807, 2.05) is 6.07 Å². The zero-order valence-electron chi connectivity index (χ0n) is 19.6. The number of hydrogen-bond acceptors (Lipinski definition) is 8. The first-order valence-electron chi connectivity index (χ1n) is 11.2. The molecule has 1 fully saturated rings. The normalized spacial score (nSPS) is 15.1. The Labute approximate surface area is 199 Å². The number of rotatable bonds is 9. The van der Waals surface area contributed by atoms with E-state index in [4.69, 9.17) is 9.72 Å². The summed E-state index contributed by atoms with van der Waals surface area (Å²) in [5.41, 5.74) is 1.63. The molecule has 1 aromatic carbocycles. The van der Waals surface area contributed by atoms with E-state index in [-0.39, 0.29) is 4.90 Å². The zero-order chi connectivity index (χ0) is 23.6. The molecule has 4 rings (SSSR count). The van der Waals surface area contributed by atoms with E-state index in [0.717, 1.165) is 55.0 Å². The number of imidazole rings is 1. The summed E-state index contributed by atoms with van der Waals surface area (Å²) < 4.78 is 36.1. The van der Waals surface area contributed by atoms with Crippen molar-refractivity contribution in [1.82, 2.24) is 28.6 Å². The molecule has 0 atom stereocenters. The maximum atomic E-state index is 12.6. The van der Waals surface area contributed by atoms with Crippen LogP contribution in [0.25, 0.3) is 11.0 Å². The Hall–Kier alpha value is -2.15. The van der Waals surface area contributed by atoms with Crippen LogP contribution in [0.3, 0.4) is 0 Å². The lowest BCUT2D eigenvalue weighted by atomic mass is 10.3. The minimum Gasteiger partial charge on any atom is -0.378 e. The molecule has 1 aliphatic rings. The van der Waals surface area contributed by atoms with Crippen molar-refractivity contribution in [3.8, 4) is 0 Å². The van der Waals surface area contributed by atoms with Crippen LogP contribution in [0.15, 0.2) is 28.3 Å². The molecule has 0 N–H and O–H groups in total. The minimum atomic E-state index is -3.51. The van der Waals surface area contributed by atoms with Crippen molar-refractivity contribution in [1.29, 1.82) is 0 Å². The van der Waals surface area contributed by atoms with Crippen LogP contribution in [0, 0.1) is 0 Å². The topological polar surface area (TPSA) is 98.4 Å². The summed E-state index contributed by atoms with van der Waals surface area (Å²) in [6, 6.07) is 5.18. The monoisotopic (exact) mass is 493 g/mol. The minimum absolute atomic E-state index is 0.251. The molecule has 1 saturated heterocycles. The number of anilines is 1. The molecule has 0 amide bonds. The Morgan fingerprint density at radius 1 is 1.12 bits per heavy atom. The van der Waals surface area contributed by atoms with Crippen LogP contribution < -0.4 is 4.90 Å². The van der Waals surface area contributed by atoms with Crippen molar-refractivity contribution in [2.45, 2.75) is 49.2 Å². The van der Waals surface area contributed by atoms with Crippen molar-refractivity contribution >= 4 is 38.8 Å². The molecule has 180 valence electrons. The summed E-state index contributed by atoms with van der Waals surface area (Å²) in [5, 5.41) is 9.74. The average molecular weight is 494 g/mol. The third kappa shape index (κ3) is 4.75. The maximum Gasteiger partial charge on any atom is 0.242 e. The van der Waals surface area contributed by atoms with E-state index in [1.54, 1.807) is 23.9 Å². The molecule has 0 aliphatic carbocycles. The van der Waals surface area contributed by atoms with Gasteiger partial charge in [0.05, 0.1) is 34.9 Å². The van der Waals surface area contributed by atoms with Gasteiger partial charge in [0.2, 0.25) is 16.0 Å². The van der Waals surface area contributed by atoms with Crippen LogP contribution in [0.1, 0.15) is 26.1 Å². The van der Waals surface area contributed by atoms with E-state index in [1.165, 1.54) is 18.4 Å². The van der Waals surface area contributed by atoms with E-state index < -0.39 is 10.0 Å². The fourth-order valence-corrected chi connectivity index (χ4v) is 5.77. The number of morpholine rings is 1. The summed E-state index contributed by atoms with van der Waals surface area (Å²) in [5.74, 6) is 2.39. The smallest absolute Gasteiger partial charge is 0.242 e. The second kappa shape index (κ2) is 10.00. The van der Waals surface area contributed by atoms with Gasteiger partial charge in [-0.1, -0.05) is 18.7 Å². The van der Waals surface area contributed by atoms with Crippen molar-refractivity contribution in [2.24, 2.45) is 0 Å². The highest BCUT2D eigenvalue weighted by atomic mass is 32.2. The first kappa shape index (κ1) is 24.0. The van der Waals surface area contributed by atoms with Gasteiger partial charge < -0.3 is 14.2 Å². The number of aryl methyl sites for hydroxylation is 1. The highest BCUT2D eigenvalue weighted by Crippen LogP contribution is 2.28. The van der Waals surface area contributed by atoms with E-state index in [2.05, 4.69) is 38.1 Å². The molecule has 0 saturated carbocycles. The molecule has 33 heavy (non-hydrogen) atoms. The van der Waals surface area contributed by atoms with Crippen LogP contribution >= 0.6 is 11.8 Å². The molecule has 0 unspecified atom stereocenters. The van der Waals surface area contributed by atoms with Gasteiger partial charge in [-0.3, -0.25) is 4.57 Å². The van der Waals surface area contributed by atoms with E-state index in [9.17, 15) is 8.42 Å². The Bertz CT molecular complexity index is 1210. The van der Waals surface area contributed by atoms with E-state index in [0.29, 0.717) is 24.5 Å². The third-order valence-corrected chi connectivity index (χ3v) is 8.44. The number of thioether (sulfide) groups is 1. The summed E-state index contributed by atoms with van der Waals surface area (Å²) >= 11 is 1.60. The molecule has 12 heteroatoms. The largest absolute Gasteiger partial charge is 0.378 e. The van der Waals surface area contributed by atoms with Gasteiger partial charge in [-0.15, -0.1) is 10.2 Å². The summed E-state index contributed by atoms with van der Waals surface area (Å²) in [6.45, 7) is 8.83. The van der Waals surface area contributed by atoms with Crippen LogP contribution in [0.2, 0.25) is 0 Å². The lowest BCUT2D eigenvalue weighted by Crippen LogP contribution is -2.38. The molecule has 1 aliphatic heterocycles. The summed E-state index contributed by atoms with van der Waals surface area (Å²) in [6.07, 6.45) is 0.952. The molecule has 3 aromatic rings. The zero-order valence-corrected chi connectivity index (χ0v) is 21.2. The molecule has 2 aromatic heterocycles. The van der Waals surface area contributed by atoms with Gasteiger partial charge in [-0.2, -0.15) is 0 Å². The van der Waals surface area contributed by atoms with Gasteiger partial charge in [0, 0.05) is 40.3 Å². The first-order chi connectivity index (χ1) is 15.9. The Balaban J connectivity index is 1.62. The number of fused-ring (bicyclic) bond motifs is 1. The van der Waals surface area contributed by atoms with Crippen molar-refractivity contribution in [3.05, 3.63) is 24.0 Å². The number of hydrogen-bond donors (Lipinski definition) is 0. The van der Waals surface area contributed by atoms with Crippen LogP contribution in [-0.2, 0) is 33.6 Å². The van der Waals surface area contributed by atoms with Crippen LogP contribution in [0.5, 0.6) is 0 Å². The number of ether oxygens (including phenoxy) is 1. The standard InChI is InChI=1S/C21H31N7O3S2/c1-5-9-28-18-8-7-16(33(29,30)25(3)4)14-17(18)22-19(28)15-32-21-24-23-20(27(21)6-2)26-10-12-31-13-11-26/h7-8,14H,5-6,9-13,15H2,1-4H3. The molecular weight excluding hydrogens is 462 g/mol. The van der Waals surface area contributed by atoms with Gasteiger partial charge >= 0.3 is 0 Å². The van der Waals surface area contributed by atoms with Crippen molar-refractivity contribution < 1.29 is 13.2 Å². The quantitative estimate of drug-likeness (QED) is 0.419. The highest BCUT2D eigenvalue weighted by molar-refractivity contribution is 7.98. The number of nitrogens with zero attached hydrogens (tertiary/aromatic N) is 7. The first-order valence-corrected chi connectivity index (χ1v) is 13.6. The number of sulfonamides is 1. The number of aromatic nitrogens is 5. The molecule has 0 spiro atoms. The molecular formula is C21H31N7O3S2. The van der Waals surface area contributed by atoms with Crippen molar-refractivity contribution in [2.75, 3.05) is 45.3 Å². The fraction of sp³-hybridized carbons (Fsp3) is 0.571. The average Bonchev–Trinajstić information content (AvgIpc) is 3.38. The highest BCUT2D eigenvalue weighted by Gasteiger charge is 2.22. The van der Waals surface area contributed by atoms with Gasteiger partial charge in [0.1, 0.15) is 5.82 Å². The molecule has 3 heterocycles. The second-order valence-corrected chi connectivity index (χ2v) is 11.1.